The fraction of sp³-hybridized carbons (Fsp3) is 0.182. The molecule has 1 heterocycles. The minimum Gasteiger partial charge on any atom is -0.461 e. The molecule has 0 amide bonds. The minimum absolute atomic E-state index is 0.229. The van der Waals surface area contributed by atoms with E-state index in [0.29, 0.717) is 27.9 Å². The normalized spacial score (nSPS) is 11.1. The van der Waals surface area contributed by atoms with Crippen molar-refractivity contribution in [2.75, 3.05) is 12.9 Å². The molecule has 0 unspecified atom stereocenters. The van der Waals surface area contributed by atoms with Crippen LogP contribution in [0.15, 0.2) is 59.6 Å². The molecule has 0 spiro atoms. The summed E-state index contributed by atoms with van der Waals surface area (Å²) in [6.45, 7) is 1.95. The second kappa shape index (κ2) is 7.94. The van der Waals surface area contributed by atoms with E-state index in [4.69, 9.17) is 4.74 Å². The number of benzene rings is 2. The lowest BCUT2D eigenvalue weighted by Gasteiger charge is -2.10. The van der Waals surface area contributed by atoms with Gasteiger partial charge in [0.1, 0.15) is 11.8 Å². The van der Waals surface area contributed by atoms with Crippen LogP contribution in [0.4, 0.5) is 0 Å². The lowest BCUT2D eigenvalue weighted by molar-refractivity contribution is 0.0516. The zero-order valence-electron chi connectivity index (χ0n) is 16.3. The van der Waals surface area contributed by atoms with Crippen molar-refractivity contribution in [2.24, 2.45) is 7.05 Å². The van der Waals surface area contributed by atoms with Crippen LogP contribution < -0.4 is 0 Å². The molecular formula is C22H20N2O4S. The van der Waals surface area contributed by atoms with Gasteiger partial charge in [0, 0.05) is 30.6 Å². The number of esters is 1. The second-order valence-electron chi connectivity index (χ2n) is 6.56. The summed E-state index contributed by atoms with van der Waals surface area (Å²) >= 11 is 0. The first kappa shape index (κ1) is 20.4. The highest BCUT2D eigenvalue weighted by Crippen LogP contribution is 2.33. The molecule has 0 atom stereocenters. The smallest absolute Gasteiger partial charge is 0.355 e. The highest BCUT2D eigenvalue weighted by molar-refractivity contribution is 7.90. The summed E-state index contributed by atoms with van der Waals surface area (Å²) in [5, 5.41) is 9.51. The average Bonchev–Trinajstić information content (AvgIpc) is 3.04. The monoisotopic (exact) mass is 408 g/mol. The number of aromatic nitrogens is 1. The molecule has 29 heavy (non-hydrogen) atoms. The van der Waals surface area contributed by atoms with Gasteiger partial charge in [-0.1, -0.05) is 42.5 Å². The van der Waals surface area contributed by atoms with Gasteiger partial charge >= 0.3 is 5.97 Å². The number of carbonyl (C=O) groups excluding carboxylic acids is 1. The molecule has 0 fully saturated rings. The van der Waals surface area contributed by atoms with Crippen LogP contribution >= 0.6 is 0 Å². The summed E-state index contributed by atoms with van der Waals surface area (Å²) in [5.74, 6) is -0.502. The lowest BCUT2D eigenvalue weighted by atomic mass is 9.98. The van der Waals surface area contributed by atoms with Crippen LogP contribution in [0.25, 0.3) is 22.3 Å². The van der Waals surface area contributed by atoms with E-state index < -0.39 is 15.8 Å². The van der Waals surface area contributed by atoms with E-state index in [9.17, 15) is 18.5 Å². The number of sulfone groups is 1. The summed E-state index contributed by atoms with van der Waals surface area (Å²) in [6.07, 6.45) is 2.77. The van der Waals surface area contributed by atoms with E-state index in [2.05, 4.69) is 6.07 Å². The van der Waals surface area contributed by atoms with E-state index in [0.717, 1.165) is 5.56 Å². The van der Waals surface area contributed by atoms with E-state index in [1.807, 2.05) is 0 Å². The topological polar surface area (TPSA) is 89.2 Å². The Morgan fingerprint density at radius 1 is 1.10 bits per heavy atom. The van der Waals surface area contributed by atoms with Gasteiger partial charge in [-0.2, -0.15) is 5.26 Å². The van der Waals surface area contributed by atoms with Crippen LogP contribution in [0.5, 0.6) is 0 Å². The van der Waals surface area contributed by atoms with Crippen LogP contribution in [-0.4, -0.2) is 31.8 Å². The summed E-state index contributed by atoms with van der Waals surface area (Å²) in [7, 11) is -1.70. The van der Waals surface area contributed by atoms with Gasteiger partial charge in [0.15, 0.2) is 9.84 Å². The SMILES string of the molecule is CCOC(=O)c1c(-c2ccc(-c3ccccc3S(C)(=O)=O)cc2)c(C#N)cn1C. The van der Waals surface area contributed by atoms with Crippen molar-refractivity contribution in [3.8, 4) is 28.3 Å². The van der Waals surface area contributed by atoms with Crippen LogP contribution in [-0.2, 0) is 21.6 Å². The summed E-state index contributed by atoms with van der Waals surface area (Å²) < 4.78 is 30.9. The maximum atomic E-state index is 12.4. The molecular weight excluding hydrogens is 388 g/mol. The van der Waals surface area contributed by atoms with E-state index in [1.54, 1.807) is 73.3 Å². The van der Waals surface area contributed by atoms with Crippen LogP contribution in [0.2, 0.25) is 0 Å². The largest absolute Gasteiger partial charge is 0.461 e. The molecule has 1 aromatic heterocycles. The maximum Gasteiger partial charge on any atom is 0.355 e. The molecule has 3 rings (SSSR count). The van der Waals surface area contributed by atoms with E-state index in [1.165, 1.54) is 6.26 Å². The molecule has 148 valence electrons. The average molecular weight is 408 g/mol. The predicted molar refractivity (Wildman–Crippen MR) is 110 cm³/mol. The van der Waals surface area contributed by atoms with E-state index >= 15 is 0 Å². The predicted octanol–water partition coefficient (Wildman–Crippen LogP) is 3.81. The number of aryl methyl sites for hydroxylation is 1. The first-order valence-corrected chi connectivity index (χ1v) is 10.8. The molecule has 2 aromatic carbocycles. The molecule has 3 aromatic rings. The van der Waals surface area contributed by atoms with Crippen molar-refractivity contribution in [1.82, 2.24) is 4.57 Å². The number of hydrogen-bond donors (Lipinski definition) is 0. The van der Waals surface area contributed by atoms with E-state index in [-0.39, 0.29) is 11.5 Å². The zero-order chi connectivity index (χ0) is 21.2. The molecule has 7 heteroatoms. The third-order valence-corrected chi connectivity index (χ3v) is 5.70. The van der Waals surface area contributed by atoms with Crippen LogP contribution in [0, 0.1) is 11.3 Å². The van der Waals surface area contributed by atoms with Gasteiger partial charge < -0.3 is 9.30 Å². The highest BCUT2D eigenvalue weighted by Gasteiger charge is 2.23. The lowest BCUT2D eigenvalue weighted by Crippen LogP contribution is -2.10. The second-order valence-corrected chi connectivity index (χ2v) is 8.54. The molecule has 0 bridgehead atoms. The third kappa shape index (κ3) is 3.93. The van der Waals surface area contributed by atoms with Gasteiger partial charge in [0.25, 0.3) is 0 Å². The Morgan fingerprint density at radius 3 is 2.31 bits per heavy atom. The van der Waals surface area contributed by atoms with Gasteiger partial charge in [0.2, 0.25) is 0 Å². The minimum atomic E-state index is -3.38. The maximum absolute atomic E-state index is 12.4. The van der Waals surface area contributed by atoms with Crippen LogP contribution in [0.1, 0.15) is 23.0 Å². The number of carbonyl (C=O) groups is 1. The summed E-state index contributed by atoms with van der Waals surface area (Å²) in [5.41, 5.74) is 3.15. The van der Waals surface area contributed by atoms with Gasteiger partial charge in [-0.25, -0.2) is 13.2 Å². The standard InChI is InChI=1S/C22H20N2O4S/c1-4-28-22(25)21-20(17(13-23)14-24(21)2)16-11-9-15(10-12-16)18-7-5-6-8-19(18)29(3,26)27/h5-12,14H,4H2,1-3H3. The van der Waals surface area contributed by atoms with Crippen molar-refractivity contribution < 1.29 is 17.9 Å². The Hall–Kier alpha value is -3.37. The van der Waals surface area contributed by atoms with Crippen molar-refractivity contribution in [2.45, 2.75) is 11.8 Å². The Balaban J connectivity index is 2.12. The Morgan fingerprint density at radius 2 is 1.72 bits per heavy atom. The Kier molecular flexibility index (Phi) is 5.57. The molecule has 0 radical (unpaired) electrons. The molecule has 0 aliphatic carbocycles. The van der Waals surface area contributed by atoms with Gasteiger partial charge in [-0.3, -0.25) is 0 Å². The number of rotatable bonds is 5. The fourth-order valence-electron chi connectivity index (χ4n) is 3.29. The molecule has 0 N–H and O–H groups in total. The fourth-order valence-corrected chi connectivity index (χ4v) is 4.21. The first-order valence-electron chi connectivity index (χ1n) is 8.94. The van der Waals surface area contributed by atoms with Crippen molar-refractivity contribution in [3.63, 3.8) is 0 Å². The van der Waals surface area contributed by atoms with Gasteiger partial charge in [0.05, 0.1) is 17.1 Å². The number of nitriles is 1. The van der Waals surface area contributed by atoms with Crippen molar-refractivity contribution >= 4 is 15.8 Å². The number of nitrogens with zero attached hydrogens (tertiary/aromatic N) is 2. The third-order valence-electron chi connectivity index (χ3n) is 4.54. The summed E-state index contributed by atoms with van der Waals surface area (Å²) in [4.78, 5) is 12.7. The molecule has 0 saturated heterocycles. The molecule has 0 aliphatic heterocycles. The quantitative estimate of drug-likeness (QED) is 0.599. The molecule has 6 nitrogen and oxygen atoms in total. The van der Waals surface area contributed by atoms with Crippen molar-refractivity contribution in [3.05, 3.63) is 66.0 Å². The number of hydrogen-bond acceptors (Lipinski definition) is 5. The van der Waals surface area contributed by atoms with Crippen molar-refractivity contribution in [1.29, 1.82) is 5.26 Å². The highest BCUT2D eigenvalue weighted by atomic mass is 32.2. The first-order chi connectivity index (χ1) is 13.8. The summed E-state index contributed by atoms with van der Waals surface area (Å²) in [6, 6.07) is 16.0. The Bertz CT molecular complexity index is 1220. The number of ether oxygens (including phenoxy) is 1. The molecule has 0 aliphatic rings. The van der Waals surface area contributed by atoms with Gasteiger partial charge in [-0.05, 0) is 24.1 Å². The van der Waals surface area contributed by atoms with Gasteiger partial charge in [-0.15, -0.1) is 0 Å². The Labute approximate surface area is 169 Å². The zero-order valence-corrected chi connectivity index (χ0v) is 17.2. The molecule has 0 saturated carbocycles. The van der Waals surface area contributed by atoms with Crippen LogP contribution in [0.3, 0.4) is 0 Å².